The molecule has 0 amide bonds. The molecule has 1 heterocycles. The number of rotatable bonds is 5. The number of benzene rings is 2. The molecule has 0 aliphatic rings. The lowest BCUT2D eigenvalue weighted by molar-refractivity contribution is 0.0553. The normalized spacial score (nSPS) is 10.5. The summed E-state index contributed by atoms with van der Waals surface area (Å²) in [4.78, 5) is 26.9. The standard InChI is InChI=1S/C19H17NO5/c1-23-18(21)16-14-9-8-13(25-11-12-6-4-3-5-7-12)10-15(14)20-17(16)19(22)24-2/h3-10,20H,11H2,1-2H3. The Balaban J connectivity index is 1.95. The summed E-state index contributed by atoms with van der Waals surface area (Å²) < 4.78 is 15.3. The van der Waals surface area contributed by atoms with Gasteiger partial charge in [-0.2, -0.15) is 0 Å². The van der Waals surface area contributed by atoms with Crippen LogP contribution in [0.2, 0.25) is 0 Å². The third-order valence-corrected chi connectivity index (χ3v) is 3.80. The molecule has 0 aliphatic carbocycles. The van der Waals surface area contributed by atoms with Gasteiger partial charge >= 0.3 is 11.9 Å². The van der Waals surface area contributed by atoms with E-state index >= 15 is 0 Å². The molecule has 0 saturated heterocycles. The molecule has 3 rings (SSSR count). The van der Waals surface area contributed by atoms with E-state index < -0.39 is 11.9 Å². The molecule has 0 unspecified atom stereocenters. The summed E-state index contributed by atoms with van der Waals surface area (Å²) in [5, 5.41) is 0.569. The number of aromatic amines is 1. The van der Waals surface area contributed by atoms with Crippen molar-refractivity contribution in [1.29, 1.82) is 0 Å². The van der Waals surface area contributed by atoms with Crippen molar-refractivity contribution in [3.63, 3.8) is 0 Å². The molecule has 0 bridgehead atoms. The minimum Gasteiger partial charge on any atom is -0.489 e. The lowest BCUT2D eigenvalue weighted by atomic mass is 10.1. The van der Waals surface area contributed by atoms with E-state index in [0.29, 0.717) is 23.3 Å². The van der Waals surface area contributed by atoms with Crippen molar-refractivity contribution in [2.24, 2.45) is 0 Å². The van der Waals surface area contributed by atoms with Crippen LogP contribution in [0.25, 0.3) is 10.9 Å². The predicted molar refractivity (Wildman–Crippen MR) is 91.8 cm³/mol. The Bertz CT molecular complexity index is 914. The topological polar surface area (TPSA) is 77.6 Å². The average molecular weight is 339 g/mol. The van der Waals surface area contributed by atoms with Gasteiger partial charge in [0.2, 0.25) is 0 Å². The number of aromatic nitrogens is 1. The van der Waals surface area contributed by atoms with Crippen LogP contribution in [0.4, 0.5) is 0 Å². The van der Waals surface area contributed by atoms with E-state index in [2.05, 4.69) is 4.98 Å². The molecular formula is C19H17NO5. The summed E-state index contributed by atoms with van der Waals surface area (Å²) in [6.45, 7) is 0.417. The first-order valence-corrected chi connectivity index (χ1v) is 7.63. The van der Waals surface area contributed by atoms with Gasteiger partial charge in [0.15, 0.2) is 0 Å². The smallest absolute Gasteiger partial charge is 0.355 e. The summed E-state index contributed by atoms with van der Waals surface area (Å²) in [6.07, 6.45) is 0. The number of carbonyl (C=O) groups excluding carboxylic acids is 2. The number of esters is 2. The van der Waals surface area contributed by atoms with Gasteiger partial charge in [-0.05, 0) is 17.7 Å². The lowest BCUT2D eigenvalue weighted by Gasteiger charge is -2.06. The molecule has 0 saturated carbocycles. The van der Waals surface area contributed by atoms with E-state index in [0.717, 1.165) is 5.56 Å². The number of hydrogen-bond acceptors (Lipinski definition) is 5. The fraction of sp³-hybridized carbons (Fsp3) is 0.158. The second-order valence-corrected chi connectivity index (χ2v) is 5.34. The van der Waals surface area contributed by atoms with Gasteiger partial charge in [0.1, 0.15) is 18.1 Å². The van der Waals surface area contributed by atoms with Crippen molar-refractivity contribution >= 4 is 22.8 Å². The van der Waals surface area contributed by atoms with Crippen LogP contribution in [-0.2, 0) is 16.1 Å². The molecule has 128 valence electrons. The molecule has 6 nitrogen and oxygen atoms in total. The molecule has 0 aliphatic heterocycles. The number of ether oxygens (including phenoxy) is 3. The van der Waals surface area contributed by atoms with Gasteiger partial charge < -0.3 is 19.2 Å². The number of fused-ring (bicyclic) bond motifs is 1. The summed E-state index contributed by atoms with van der Waals surface area (Å²) in [6, 6.07) is 15.0. The van der Waals surface area contributed by atoms with Crippen LogP contribution in [0, 0.1) is 0 Å². The number of carbonyl (C=O) groups is 2. The summed E-state index contributed by atoms with van der Waals surface area (Å²) in [7, 11) is 2.52. The average Bonchev–Trinajstić information content (AvgIpc) is 3.04. The van der Waals surface area contributed by atoms with Crippen molar-refractivity contribution < 1.29 is 23.8 Å². The predicted octanol–water partition coefficient (Wildman–Crippen LogP) is 3.32. The first kappa shape index (κ1) is 16.6. The highest BCUT2D eigenvalue weighted by molar-refractivity contribution is 6.12. The fourth-order valence-electron chi connectivity index (χ4n) is 2.58. The number of H-pyrrole nitrogens is 1. The molecule has 0 fully saturated rings. The van der Waals surface area contributed by atoms with Crippen LogP contribution in [0.3, 0.4) is 0 Å². The minimum atomic E-state index is -0.636. The molecule has 2 aromatic carbocycles. The van der Waals surface area contributed by atoms with Crippen molar-refractivity contribution in [2.75, 3.05) is 14.2 Å². The molecule has 1 N–H and O–H groups in total. The van der Waals surface area contributed by atoms with E-state index in [9.17, 15) is 9.59 Å². The maximum absolute atomic E-state index is 12.0. The van der Waals surface area contributed by atoms with E-state index in [4.69, 9.17) is 14.2 Å². The highest BCUT2D eigenvalue weighted by Crippen LogP contribution is 2.28. The number of hydrogen-bond donors (Lipinski definition) is 1. The third kappa shape index (κ3) is 3.33. The van der Waals surface area contributed by atoms with E-state index in [1.807, 2.05) is 30.3 Å². The van der Waals surface area contributed by atoms with Gasteiger partial charge in [-0.25, -0.2) is 9.59 Å². The van der Waals surface area contributed by atoms with Gasteiger partial charge in [-0.1, -0.05) is 30.3 Å². The zero-order valence-corrected chi connectivity index (χ0v) is 13.9. The van der Waals surface area contributed by atoms with E-state index in [1.165, 1.54) is 14.2 Å². The lowest BCUT2D eigenvalue weighted by Crippen LogP contribution is -2.10. The second-order valence-electron chi connectivity index (χ2n) is 5.34. The van der Waals surface area contributed by atoms with Gasteiger partial charge in [-0.15, -0.1) is 0 Å². The van der Waals surface area contributed by atoms with Crippen LogP contribution in [0.15, 0.2) is 48.5 Å². The fourth-order valence-corrected chi connectivity index (χ4v) is 2.58. The number of methoxy groups -OCH3 is 2. The zero-order chi connectivity index (χ0) is 17.8. The zero-order valence-electron chi connectivity index (χ0n) is 13.9. The van der Waals surface area contributed by atoms with E-state index in [-0.39, 0.29) is 11.3 Å². The Labute approximate surface area is 144 Å². The monoisotopic (exact) mass is 339 g/mol. The van der Waals surface area contributed by atoms with Crippen LogP contribution in [0.1, 0.15) is 26.4 Å². The molecule has 1 aromatic heterocycles. The summed E-state index contributed by atoms with van der Waals surface area (Å²) in [5.74, 6) is -0.626. The molecule has 0 atom stereocenters. The summed E-state index contributed by atoms with van der Waals surface area (Å²) in [5.41, 5.74) is 1.84. The summed E-state index contributed by atoms with van der Waals surface area (Å²) >= 11 is 0. The van der Waals surface area contributed by atoms with Gasteiger partial charge in [0.05, 0.1) is 25.3 Å². The molecule has 0 spiro atoms. The Morgan fingerprint density at radius 1 is 0.960 bits per heavy atom. The highest BCUT2D eigenvalue weighted by Gasteiger charge is 2.24. The molecule has 3 aromatic rings. The van der Waals surface area contributed by atoms with Crippen molar-refractivity contribution in [3.05, 3.63) is 65.4 Å². The van der Waals surface area contributed by atoms with Crippen LogP contribution in [-0.4, -0.2) is 31.1 Å². The van der Waals surface area contributed by atoms with Gasteiger partial charge in [0, 0.05) is 11.5 Å². The molecule has 6 heteroatoms. The van der Waals surface area contributed by atoms with Crippen LogP contribution < -0.4 is 4.74 Å². The Hall–Kier alpha value is -3.28. The van der Waals surface area contributed by atoms with Crippen LogP contribution in [0.5, 0.6) is 5.75 Å². The van der Waals surface area contributed by atoms with Gasteiger partial charge in [0.25, 0.3) is 0 Å². The Morgan fingerprint density at radius 2 is 1.68 bits per heavy atom. The SMILES string of the molecule is COC(=O)c1[nH]c2cc(OCc3ccccc3)ccc2c1C(=O)OC. The van der Waals surface area contributed by atoms with Crippen molar-refractivity contribution in [3.8, 4) is 5.75 Å². The maximum atomic E-state index is 12.0. The molecular weight excluding hydrogens is 322 g/mol. The van der Waals surface area contributed by atoms with Crippen LogP contribution >= 0.6 is 0 Å². The largest absolute Gasteiger partial charge is 0.489 e. The molecule has 25 heavy (non-hydrogen) atoms. The van der Waals surface area contributed by atoms with Gasteiger partial charge in [-0.3, -0.25) is 0 Å². The minimum absolute atomic E-state index is 0.0598. The first-order chi connectivity index (χ1) is 12.1. The maximum Gasteiger partial charge on any atom is 0.355 e. The Morgan fingerprint density at radius 3 is 2.36 bits per heavy atom. The van der Waals surface area contributed by atoms with Crippen molar-refractivity contribution in [1.82, 2.24) is 4.98 Å². The van der Waals surface area contributed by atoms with Crippen molar-refractivity contribution in [2.45, 2.75) is 6.61 Å². The van der Waals surface area contributed by atoms with E-state index in [1.54, 1.807) is 18.2 Å². The molecule has 0 radical (unpaired) electrons. The highest BCUT2D eigenvalue weighted by atomic mass is 16.5. The second kappa shape index (κ2) is 7.09. The first-order valence-electron chi connectivity index (χ1n) is 7.63. The number of nitrogens with one attached hydrogen (secondary N) is 1. The Kier molecular flexibility index (Phi) is 4.70. The quantitative estimate of drug-likeness (QED) is 0.722. The third-order valence-electron chi connectivity index (χ3n) is 3.80.